The van der Waals surface area contributed by atoms with E-state index in [1.165, 1.54) is 0 Å². The number of benzene rings is 2. The fourth-order valence-electron chi connectivity index (χ4n) is 2.36. The van der Waals surface area contributed by atoms with E-state index in [2.05, 4.69) is 5.32 Å². The van der Waals surface area contributed by atoms with Gasteiger partial charge in [-0.2, -0.15) is 0 Å². The lowest BCUT2D eigenvalue weighted by Gasteiger charge is -2.19. The van der Waals surface area contributed by atoms with Crippen LogP contribution < -0.4 is 19.5 Å². The number of carbonyl (C=O) groups is 1. The Bertz CT molecular complexity index is 670. The highest BCUT2D eigenvalue weighted by Crippen LogP contribution is 2.27. The summed E-state index contributed by atoms with van der Waals surface area (Å²) < 4.78 is 16.5. The summed E-state index contributed by atoms with van der Waals surface area (Å²) in [5.41, 5.74) is 1.00. The Morgan fingerprint density at radius 3 is 2.32 bits per heavy atom. The maximum atomic E-state index is 12.4. The van der Waals surface area contributed by atoms with E-state index in [0.717, 1.165) is 11.3 Å². The van der Waals surface area contributed by atoms with E-state index in [-0.39, 0.29) is 5.91 Å². The summed E-state index contributed by atoms with van der Waals surface area (Å²) in [5, 5.41) is 2.91. The van der Waals surface area contributed by atoms with Crippen LogP contribution in [-0.4, -0.2) is 25.7 Å². The minimum absolute atomic E-state index is 0.151. The Morgan fingerprint density at radius 1 is 1.04 bits per heavy atom. The van der Waals surface area contributed by atoms with Gasteiger partial charge in [0.25, 0.3) is 5.91 Å². The van der Waals surface area contributed by atoms with Gasteiger partial charge in [-0.15, -0.1) is 0 Å². The van der Waals surface area contributed by atoms with E-state index >= 15 is 0 Å². The van der Waals surface area contributed by atoms with Gasteiger partial charge in [0, 0.05) is 6.54 Å². The van der Waals surface area contributed by atoms with Crippen LogP contribution in [0.1, 0.15) is 25.8 Å². The second-order valence-corrected chi connectivity index (χ2v) is 5.46. The van der Waals surface area contributed by atoms with Crippen molar-refractivity contribution in [3.63, 3.8) is 0 Å². The fraction of sp³-hybridized carbons (Fsp3) is 0.350. The van der Waals surface area contributed by atoms with Gasteiger partial charge in [0.05, 0.1) is 13.7 Å². The van der Waals surface area contributed by atoms with Gasteiger partial charge in [0.2, 0.25) is 0 Å². The van der Waals surface area contributed by atoms with E-state index in [1.54, 1.807) is 19.2 Å². The number of hydrogen-bond acceptors (Lipinski definition) is 4. The normalized spacial score (nSPS) is 11.5. The van der Waals surface area contributed by atoms with E-state index in [9.17, 15) is 4.79 Å². The van der Waals surface area contributed by atoms with Gasteiger partial charge >= 0.3 is 0 Å². The molecule has 0 saturated carbocycles. The van der Waals surface area contributed by atoms with Crippen LogP contribution in [0, 0.1) is 0 Å². The molecule has 0 bridgehead atoms. The molecular formula is C20H25NO4. The second-order valence-electron chi connectivity index (χ2n) is 5.46. The Hall–Kier alpha value is -2.69. The summed E-state index contributed by atoms with van der Waals surface area (Å²) >= 11 is 0. The van der Waals surface area contributed by atoms with Crippen molar-refractivity contribution in [2.45, 2.75) is 32.9 Å². The molecule has 25 heavy (non-hydrogen) atoms. The van der Waals surface area contributed by atoms with Gasteiger partial charge in [-0.1, -0.05) is 31.2 Å². The van der Waals surface area contributed by atoms with Crippen LogP contribution in [-0.2, 0) is 11.3 Å². The van der Waals surface area contributed by atoms with E-state index in [0.29, 0.717) is 31.1 Å². The highest BCUT2D eigenvalue weighted by molar-refractivity contribution is 5.81. The third-order valence-corrected chi connectivity index (χ3v) is 3.70. The predicted molar refractivity (Wildman–Crippen MR) is 97.2 cm³/mol. The standard InChI is InChI=1S/C20H25NO4/c1-4-17(25-19-9-7-6-8-18(19)23-3)20(22)21-14-15-10-12-16(13-11-15)24-5-2/h6-13,17H,4-5,14H2,1-3H3,(H,21,22)/t17-/m0/s1. The Labute approximate surface area is 148 Å². The molecule has 2 aromatic rings. The first-order valence-electron chi connectivity index (χ1n) is 8.47. The first-order chi connectivity index (χ1) is 12.2. The number of nitrogens with one attached hydrogen (secondary N) is 1. The van der Waals surface area contributed by atoms with Crippen LogP contribution in [0.2, 0.25) is 0 Å². The number of amides is 1. The highest BCUT2D eigenvalue weighted by atomic mass is 16.5. The first-order valence-corrected chi connectivity index (χ1v) is 8.47. The van der Waals surface area contributed by atoms with Gasteiger partial charge in [0.15, 0.2) is 17.6 Å². The van der Waals surface area contributed by atoms with Gasteiger partial charge < -0.3 is 19.5 Å². The number of rotatable bonds is 9. The molecule has 0 aliphatic carbocycles. The van der Waals surface area contributed by atoms with Crippen molar-refractivity contribution < 1.29 is 19.0 Å². The van der Waals surface area contributed by atoms with Crippen molar-refractivity contribution in [2.75, 3.05) is 13.7 Å². The molecule has 0 heterocycles. The van der Waals surface area contributed by atoms with Crippen LogP contribution in [0.5, 0.6) is 17.2 Å². The first kappa shape index (κ1) is 18.6. The number of ether oxygens (including phenoxy) is 3. The molecule has 2 rings (SSSR count). The summed E-state index contributed by atoms with van der Waals surface area (Å²) in [6.45, 7) is 4.93. The molecule has 5 heteroatoms. The molecule has 2 aromatic carbocycles. The lowest BCUT2D eigenvalue weighted by molar-refractivity contribution is -0.128. The molecule has 5 nitrogen and oxygen atoms in total. The van der Waals surface area contributed by atoms with E-state index < -0.39 is 6.10 Å². The highest BCUT2D eigenvalue weighted by Gasteiger charge is 2.19. The summed E-state index contributed by atoms with van der Waals surface area (Å²) in [5.74, 6) is 1.85. The molecular weight excluding hydrogens is 318 g/mol. The van der Waals surface area contributed by atoms with Gasteiger partial charge in [-0.3, -0.25) is 4.79 Å². The summed E-state index contributed by atoms with van der Waals surface area (Å²) in [7, 11) is 1.58. The molecule has 1 atom stereocenters. The van der Waals surface area contributed by atoms with Crippen LogP contribution in [0.4, 0.5) is 0 Å². The minimum atomic E-state index is -0.570. The molecule has 1 N–H and O–H groups in total. The van der Waals surface area contributed by atoms with Crippen molar-refractivity contribution in [1.82, 2.24) is 5.32 Å². The molecule has 0 aromatic heterocycles. The topological polar surface area (TPSA) is 56.8 Å². The van der Waals surface area contributed by atoms with Crippen molar-refractivity contribution in [1.29, 1.82) is 0 Å². The maximum absolute atomic E-state index is 12.4. The van der Waals surface area contributed by atoms with Crippen molar-refractivity contribution in [3.8, 4) is 17.2 Å². The lowest BCUT2D eigenvalue weighted by Crippen LogP contribution is -2.37. The van der Waals surface area contributed by atoms with Crippen LogP contribution >= 0.6 is 0 Å². The van der Waals surface area contributed by atoms with Crippen LogP contribution in [0.25, 0.3) is 0 Å². The third-order valence-electron chi connectivity index (χ3n) is 3.70. The zero-order valence-electron chi connectivity index (χ0n) is 15.0. The number of carbonyl (C=O) groups excluding carboxylic acids is 1. The van der Waals surface area contributed by atoms with Gasteiger partial charge in [-0.05, 0) is 43.2 Å². The zero-order valence-corrected chi connectivity index (χ0v) is 15.0. The predicted octanol–water partition coefficient (Wildman–Crippen LogP) is 3.57. The van der Waals surface area contributed by atoms with Crippen molar-refractivity contribution in [3.05, 3.63) is 54.1 Å². The molecule has 0 spiro atoms. The molecule has 0 radical (unpaired) electrons. The molecule has 0 aliphatic rings. The van der Waals surface area contributed by atoms with Crippen LogP contribution in [0.3, 0.4) is 0 Å². The number of methoxy groups -OCH3 is 1. The molecule has 134 valence electrons. The summed E-state index contributed by atoms with van der Waals surface area (Å²) in [4.78, 5) is 12.4. The monoisotopic (exact) mass is 343 g/mol. The van der Waals surface area contributed by atoms with E-state index in [4.69, 9.17) is 14.2 Å². The molecule has 0 unspecified atom stereocenters. The average molecular weight is 343 g/mol. The van der Waals surface area contributed by atoms with E-state index in [1.807, 2.05) is 50.2 Å². The molecule has 0 fully saturated rings. The van der Waals surface area contributed by atoms with Gasteiger partial charge in [-0.25, -0.2) is 0 Å². The SMILES string of the molecule is CCOc1ccc(CNC(=O)[C@H](CC)Oc2ccccc2OC)cc1. The van der Waals surface area contributed by atoms with Crippen molar-refractivity contribution >= 4 is 5.91 Å². The number of para-hydroxylation sites is 2. The average Bonchev–Trinajstić information content (AvgIpc) is 2.65. The Balaban J connectivity index is 1.93. The van der Waals surface area contributed by atoms with Crippen molar-refractivity contribution in [2.24, 2.45) is 0 Å². The van der Waals surface area contributed by atoms with Gasteiger partial charge in [0.1, 0.15) is 5.75 Å². The third kappa shape index (κ3) is 5.41. The molecule has 0 saturated heterocycles. The second kappa shape index (κ2) is 9.57. The zero-order chi connectivity index (χ0) is 18.1. The summed E-state index contributed by atoms with van der Waals surface area (Å²) in [6, 6.07) is 15.0. The Morgan fingerprint density at radius 2 is 1.72 bits per heavy atom. The molecule has 1 amide bonds. The lowest BCUT2D eigenvalue weighted by atomic mass is 10.2. The smallest absolute Gasteiger partial charge is 0.261 e. The number of hydrogen-bond donors (Lipinski definition) is 1. The van der Waals surface area contributed by atoms with Crippen LogP contribution in [0.15, 0.2) is 48.5 Å². The molecule has 0 aliphatic heterocycles. The quantitative estimate of drug-likeness (QED) is 0.756. The fourth-order valence-corrected chi connectivity index (χ4v) is 2.36. The largest absolute Gasteiger partial charge is 0.494 e. The maximum Gasteiger partial charge on any atom is 0.261 e. The Kier molecular flexibility index (Phi) is 7.14. The summed E-state index contributed by atoms with van der Waals surface area (Å²) in [6.07, 6.45) is -0.00771. The minimum Gasteiger partial charge on any atom is -0.494 e.